The number of nitrogens with zero attached hydrogens (tertiary/aromatic N) is 1. The lowest BCUT2D eigenvalue weighted by atomic mass is 9.90. The van der Waals surface area contributed by atoms with E-state index in [0.717, 1.165) is 27.8 Å². The van der Waals surface area contributed by atoms with E-state index in [9.17, 15) is 19.4 Å². The normalized spacial score (nSPS) is 13.9. The van der Waals surface area contributed by atoms with Crippen LogP contribution < -0.4 is 4.43 Å². The van der Waals surface area contributed by atoms with Crippen molar-refractivity contribution in [1.82, 2.24) is 4.98 Å². The van der Waals surface area contributed by atoms with Crippen LogP contribution in [0.2, 0.25) is 24.7 Å². The molecule has 0 saturated carbocycles. The van der Waals surface area contributed by atoms with E-state index >= 15 is 0 Å². The molecule has 0 saturated heterocycles. The van der Waals surface area contributed by atoms with E-state index < -0.39 is 32.9 Å². The Balaban J connectivity index is 2.23. The van der Waals surface area contributed by atoms with Crippen molar-refractivity contribution in [3.63, 3.8) is 0 Å². The topological polar surface area (TPSA) is 99.9 Å². The van der Waals surface area contributed by atoms with Crippen LogP contribution in [0.4, 0.5) is 4.39 Å². The lowest BCUT2D eigenvalue weighted by molar-refractivity contribution is -0.139. The van der Waals surface area contributed by atoms with Gasteiger partial charge in [-0.05, 0) is 49.3 Å². The molecular formula is C28H33ClFNO5Si. The third-order valence-corrected chi connectivity index (χ3v) is 6.74. The van der Waals surface area contributed by atoms with Gasteiger partial charge in [-0.25, -0.2) is 4.39 Å². The summed E-state index contributed by atoms with van der Waals surface area (Å²) in [5.41, 5.74) is 3.66. The number of halogens is 2. The maximum atomic E-state index is 13.8. The molecule has 37 heavy (non-hydrogen) atoms. The summed E-state index contributed by atoms with van der Waals surface area (Å²) in [6.45, 7) is 10.2. The molecule has 0 amide bonds. The van der Waals surface area contributed by atoms with Crippen LogP contribution in [0.3, 0.4) is 0 Å². The first-order valence-corrected chi connectivity index (χ1v) is 15.9. The number of pyridine rings is 1. The van der Waals surface area contributed by atoms with E-state index in [1.54, 1.807) is 24.3 Å². The summed E-state index contributed by atoms with van der Waals surface area (Å²) < 4.78 is 20.0. The quantitative estimate of drug-likeness (QED) is 0.247. The molecule has 0 aliphatic carbocycles. The van der Waals surface area contributed by atoms with E-state index in [1.165, 1.54) is 18.2 Å². The molecule has 2 atom stereocenters. The molecule has 3 N–H and O–H groups in total. The summed E-state index contributed by atoms with van der Waals surface area (Å²) in [6.07, 6.45) is 0.381. The van der Waals surface area contributed by atoms with Crippen molar-refractivity contribution in [3.05, 3.63) is 64.6 Å². The maximum Gasteiger partial charge on any atom is 0.305 e. The van der Waals surface area contributed by atoms with Crippen LogP contribution in [0.1, 0.15) is 43.9 Å². The van der Waals surface area contributed by atoms with E-state index in [0.29, 0.717) is 16.3 Å². The highest BCUT2D eigenvalue weighted by molar-refractivity contribution is 6.70. The molecule has 2 aromatic carbocycles. The highest BCUT2D eigenvalue weighted by Crippen LogP contribution is 2.40. The van der Waals surface area contributed by atoms with Crippen molar-refractivity contribution in [2.45, 2.75) is 64.5 Å². The van der Waals surface area contributed by atoms with Crippen molar-refractivity contribution >= 4 is 42.9 Å². The number of aliphatic carboxylic acids is 1. The first-order valence-electron chi connectivity index (χ1n) is 12.1. The van der Waals surface area contributed by atoms with Gasteiger partial charge in [0.25, 0.3) is 0 Å². The van der Waals surface area contributed by atoms with Gasteiger partial charge in [0.1, 0.15) is 11.6 Å². The summed E-state index contributed by atoms with van der Waals surface area (Å²) in [6, 6.07) is 9.75. The van der Waals surface area contributed by atoms with Crippen molar-refractivity contribution in [3.8, 4) is 16.9 Å². The first kappa shape index (κ1) is 28.8. The standard InChI is InChI=1S/C28H33ClFNO5Si/c1-16(2)28-21(11-10-19(32)12-20(33)13-26(34)35)27(17-6-8-18(30)9-7-17)22-14-23(29)25(15-24(22)31-28)36-37(3,4)5/h6-11,14-16,19-20,32-33H,12-13H2,1-5H3,(H,34,35). The molecule has 2 unspecified atom stereocenters. The van der Waals surface area contributed by atoms with Gasteiger partial charge in [-0.1, -0.05) is 49.7 Å². The molecule has 0 aliphatic rings. The molecular weight excluding hydrogens is 513 g/mol. The van der Waals surface area contributed by atoms with Gasteiger partial charge >= 0.3 is 5.97 Å². The van der Waals surface area contributed by atoms with Gasteiger partial charge in [-0.3, -0.25) is 9.78 Å². The van der Waals surface area contributed by atoms with Crippen molar-refractivity contribution in [2.75, 3.05) is 0 Å². The fraction of sp³-hybridized carbons (Fsp3) is 0.357. The number of rotatable bonds is 10. The summed E-state index contributed by atoms with van der Waals surface area (Å²) in [5.74, 6) is -0.950. The van der Waals surface area contributed by atoms with Crippen LogP contribution in [-0.2, 0) is 4.79 Å². The molecule has 0 spiro atoms. The van der Waals surface area contributed by atoms with Gasteiger partial charge < -0.3 is 19.7 Å². The van der Waals surface area contributed by atoms with Crippen LogP contribution in [0.5, 0.6) is 5.75 Å². The number of hydrogen-bond donors (Lipinski definition) is 3. The molecule has 198 valence electrons. The second kappa shape index (κ2) is 11.7. The number of aliphatic hydroxyl groups excluding tert-OH is 2. The number of carbonyl (C=O) groups is 1. The fourth-order valence-corrected chi connectivity index (χ4v) is 5.19. The van der Waals surface area contributed by atoms with Gasteiger partial charge in [-0.2, -0.15) is 0 Å². The number of fused-ring (bicyclic) bond motifs is 1. The van der Waals surface area contributed by atoms with Crippen LogP contribution >= 0.6 is 11.6 Å². The molecule has 9 heteroatoms. The third kappa shape index (κ3) is 7.61. The molecule has 3 aromatic rings. The Labute approximate surface area is 222 Å². The second-order valence-electron chi connectivity index (χ2n) is 10.4. The van der Waals surface area contributed by atoms with Crippen LogP contribution in [0, 0.1) is 5.82 Å². The third-order valence-electron chi connectivity index (χ3n) is 5.61. The molecule has 0 radical (unpaired) electrons. The Morgan fingerprint density at radius 1 is 1.16 bits per heavy atom. The zero-order valence-corrected chi connectivity index (χ0v) is 23.4. The largest absolute Gasteiger partial charge is 0.543 e. The minimum Gasteiger partial charge on any atom is -0.543 e. The van der Waals surface area contributed by atoms with Crippen molar-refractivity contribution < 1.29 is 28.9 Å². The van der Waals surface area contributed by atoms with Gasteiger partial charge in [0.05, 0.1) is 34.9 Å². The highest BCUT2D eigenvalue weighted by atomic mass is 35.5. The number of carboxylic acid groups (broad SMARTS) is 1. The Bertz CT molecular complexity index is 1300. The lowest BCUT2D eigenvalue weighted by Gasteiger charge is -2.22. The summed E-state index contributed by atoms with van der Waals surface area (Å²) >= 11 is 6.65. The molecule has 3 rings (SSSR count). The number of aliphatic hydroxyl groups is 2. The molecule has 0 aliphatic heterocycles. The first-order chi connectivity index (χ1) is 17.2. The Morgan fingerprint density at radius 3 is 2.38 bits per heavy atom. The van der Waals surface area contributed by atoms with Crippen molar-refractivity contribution in [1.29, 1.82) is 0 Å². The van der Waals surface area contributed by atoms with Crippen molar-refractivity contribution in [2.24, 2.45) is 0 Å². The summed E-state index contributed by atoms with van der Waals surface area (Å²) in [4.78, 5) is 15.8. The Kier molecular flexibility index (Phi) is 9.12. The minimum absolute atomic E-state index is 0.00460. The zero-order valence-electron chi connectivity index (χ0n) is 21.6. The second-order valence-corrected chi connectivity index (χ2v) is 15.2. The van der Waals surface area contributed by atoms with E-state index in [1.807, 2.05) is 19.9 Å². The van der Waals surface area contributed by atoms with Gasteiger partial charge in [-0.15, -0.1) is 0 Å². The molecule has 0 fully saturated rings. The summed E-state index contributed by atoms with van der Waals surface area (Å²) in [7, 11) is -1.95. The highest BCUT2D eigenvalue weighted by Gasteiger charge is 2.22. The van der Waals surface area contributed by atoms with E-state index in [4.69, 9.17) is 26.1 Å². The molecule has 0 bridgehead atoms. The van der Waals surface area contributed by atoms with E-state index in [2.05, 4.69) is 19.6 Å². The number of aromatic nitrogens is 1. The fourth-order valence-electron chi connectivity index (χ4n) is 4.09. The average Bonchev–Trinajstić information content (AvgIpc) is 2.76. The monoisotopic (exact) mass is 545 g/mol. The SMILES string of the molecule is CC(C)c1nc2cc(O[Si](C)(C)C)c(Cl)cc2c(-c2ccc(F)cc2)c1C=CC(O)CC(O)CC(=O)O. The van der Waals surface area contributed by atoms with E-state index in [-0.39, 0.29) is 18.2 Å². The van der Waals surface area contributed by atoms with Gasteiger partial charge in [0.2, 0.25) is 8.32 Å². The molecule has 1 aromatic heterocycles. The predicted molar refractivity (Wildman–Crippen MR) is 148 cm³/mol. The smallest absolute Gasteiger partial charge is 0.305 e. The lowest BCUT2D eigenvalue weighted by Crippen LogP contribution is -2.29. The Hall–Kier alpha value is -2.78. The maximum absolute atomic E-state index is 13.8. The molecule has 1 heterocycles. The van der Waals surface area contributed by atoms with Crippen LogP contribution in [-0.4, -0.2) is 46.8 Å². The number of benzene rings is 2. The number of hydrogen-bond acceptors (Lipinski definition) is 5. The van der Waals surface area contributed by atoms with Crippen LogP contribution in [0.25, 0.3) is 28.1 Å². The number of carboxylic acids is 1. The minimum atomic E-state index is -1.95. The van der Waals surface area contributed by atoms with Gasteiger partial charge in [0, 0.05) is 29.0 Å². The average molecular weight is 546 g/mol. The Morgan fingerprint density at radius 2 is 1.81 bits per heavy atom. The van der Waals surface area contributed by atoms with Crippen LogP contribution in [0.15, 0.2) is 42.5 Å². The predicted octanol–water partition coefficient (Wildman–Crippen LogP) is 6.63. The summed E-state index contributed by atoms with van der Waals surface area (Å²) in [5, 5.41) is 30.5. The zero-order chi connectivity index (χ0) is 27.5. The van der Waals surface area contributed by atoms with Gasteiger partial charge in [0.15, 0.2) is 0 Å². The molecule has 6 nitrogen and oxygen atoms in total.